The number of carbonyl (C=O) groups excluding carboxylic acids is 1. The predicted octanol–water partition coefficient (Wildman–Crippen LogP) is 3.94. The number of thioether (sulfide) groups is 1. The van der Waals surface area contributed by atoms with Gasteiger partial charge in [-0.2, -0.15) is 0 Å². The van der Waals surface area contributed by atoms with Crippen LogP contribution in [0.3, 0.4) is 0 Å². The van der Waals surface area contributed by atoms with E-state index >= 15 is 0 Å². The first-order valence-electron chi connectivity index (χ1n) is 8.32. The molecular formula is C20H20N2O3S. The van der Waals surface area contributed by atoms with Crippen molar-refractivity contribution in [2.75, 3.05) is 5.75 Å². The van der Waals surface area contributed by atoms with Gasteiger partial charge < -0.3 is 9.72 Å². The van der Waals surface area contributed by atoms with Gasteiger partial charge in [-0.25, -0.2) is 4.98 Å². The molecule has 3 rings (SSSR count). The lowest BCUT2D eigenvalue weighted by Crippen LogP contribution is -2.18. The van der Waals surface area contributed by atoms with Crippen molar-refractivity contribution < 1.29 is 9.53 Å². The number of esters is 1. The van der Waals surface area contributed by atoms with Gasteiger partial charge in [-0.05, 0) is 44.5 Å². The summed E-state index contributed by atoms with van der Waals surface area (Å²) in [5, 5.41) is 0.514. The van der Waals surface area contributed by atoms with Gasteiger partial charge in [-0.1, -0.05) is 29.8 Å². The first-order chi connectivity index (χ1) is 12.4. The maximum Gasteiger partial charge on any atom is 0.316 e. The standard InChI is InChI=1S/C20H20N2O3S/c1-12-8-9-17(13(2)10-12)26-11-18(23)25-14(3)19-21-16-7-5-4-6-15(16)20(24)22-19/h4-10,14H,11H2,1-3H3,(H,21,22,24)/t14-/m1/s1. The summed E-state index contributed by atoms with van der Waals surface area (Å²) < 4.78 is 5.43. The Bertz CT molecular complexity index is 1010. The fourth-order valence-electron chi connectivity index (χ4n) is 2.68. The van der Waals surface area contributed by atoms with E-state index in [1.807, 2.05) is 32.0 Å². The van der Waals surface area contributed by atoms with Crippen LogP contribution >= 0.6 is 11.8 Å². The number of aromatic amines is 1. The van der Waals surface area contributed by atoms with Gasteiger partial charge in [0.25, 0.3) is 5.56 Å². The van der Waals surface area contributed by atoms with Gasteiger partial charge in [0, 0.05) is 4.90 Å². The van der Waals surface area contributed by atoms with Crippen molar-refractivity contribution in [3.63, 3.8) is 0 Å². The molecule has 1 N–H and O–H groups in total. The molecule has 1 atom stereocenters. The molecule has 0 spiro atoms. The minimum atomic E-state index is -0.625. The molecular weight excluding hydrogens is 348 g/mol. The minimum Gasteiger partial charge on any atom is -0.454 e. The van der Waals surface area contributed by atoms with Gasteiger partial charge in [0.2, 0.25) is 0 Å². The van der Waals surface area contributed by atoms with E-state index in [-0.39, 0.29) is 17.3 Å². The van der Waals surface area contributed by atoms with Crippen molar-refractivity contribution in [1.82, 2.24) is 9.97 Å². The lowest BCUT2D eigenvalue weighted by molar-refractivity contribution is -0.145. The lowest BCUT2D eigenvalue weighted by atomic mass is 10.2. The minimum absolute atomic E-state index is 0.200. The Morgan fingerprint density at radius 2 is 2.00 bits per heavy atom. The summed E-state index contributed by atoms with van der Waals surface area (Å²) in [4.78, 5) is 32.4. The highest BCUT2D eigenvalue weighted by molar-refractivity contribution is 8.00. The molecule has 6 heteroatoms. The van der Waals surface area contributed by atoms with E-state index in [9.17, 15) is 9.59 Å². The van der Waals surface area contributed by atoms with E-state index in [0.29, 0.717) is 16.7 Å². The molecule has 0 aliphatic rings. The van der Waals surface area contributed by atoms with Gasteiger partial charge in [-0.15, -0.1) is 11.8 Å². The Kier molecular flexibility index (Phi) is 5.42. The van der Waals surface area contributed by atoms with Crippen LogP contribution in [0.1, 0.15) is 30.0 Å². The van der Waals surface area contributed by atoms with Crippen LogP contribution in [0, 0.1) is 13.8 Å². The average molecular weight is 368 g/mol. The first-order valence-corrected chi connectivity index (χ1v) is 9.31. The van der Waals surface area contributed by atoms with E-state index in [4.69, 9.17) is 4.74 Å². The Labute approximate surface area is 155 Å². The van der Waals surface area contributed by atoms with E-state index in [0.717, 1.165) is 10.5 Å². The molecule has 134 valence electrons. The third-order valence-corrected chi connectivity index (χ3v) is 5.15. The summed E-state index contributed by atoms with van der Waals surface area (Å²) >= 11 is 1.44. The van der Waals surface area contributed by atoms with E-state index < -0.39 is 6.10 Å². The molecule has 1 aromatic heterocycles. The number of para-hydroxylation sites is 1. The highest BCUT2D eigenvalue weighted by Crippen LogP contribution is 2.24. The van der Waals surface area contributed by atoms with Crippen molar-refractivity contribution in [3.05, 3.63) is 69.8 Å². The molecule has 2 aromatic carbocycles. The number of rotatable bonds is 5. The molecule has 0 fully saturated rings. The van der Waals surface area contributed by atoms with Gasteiger partial charge in [0.05, 0.1) is 16.7 Å². The molecule has 5 nitrogen and oxygen atoms in total. The summed E-state index contributed by atoms with van der Waals surface area (Å²) in [5.41, 5.74) is 2.67. The number of H-pyrrole nitrogens is 1. The molecule has 0 unspecified atom stereocenters. The number of hydrogen-bond donors (Lipinski definition) is 1. The van der Waals surface area contributed by atoms with Crippen LogP contribution in [0.4, 0.5) is 0 Å². The second kappa shape index (κ2) is 7.74. The van der Waals surface area contributed by atoms with Crippen LogP contribution in [-0.4, -0.2) is 21.7 Å². The zero-order valence-electron chi connectivity index (χ0n) is 14.9. The monoisotopic (exact) mass is 368 g/mol. The second-order valence-electron chi connectivity index (χ2n) is 6.16. The predicted molar refractivity (Wildman–Crippen MR) is 104 cm³/mol. The number of nitrogens with zero attached hydrogens (tertiary/aromatic N) is 1. The number of fused-ring (bicyclic) bond motifs is 1. The van der Waals surface area contributed by atoms with E-state index in [1.54, 1.807) is 25.1 Å². The number of aromatic nitrogens is 2. The van der Waals surface area contributed by atoms with Crippen molar-refractivity contribution >= 4 is 28.6 Å². The molecule has 26 heavy (non-hydrogen) atoms. The maximum absolute atomic E-state index is 12.2. The van der Waals surface area contributed by atoms with Crippen LogP contribution in [0.5, 0.6) is 0 Å². The third kappa shape index (κ3) is 4.14. The molecule has 3 aromatic rings. The van der Waals surface area contributed by atoms with Crippen molar-refractivity contribution in [1.29, 1.82) is 0 Å². The SMILES string of the molecule is Cc1ccc(SCC(=O)O[C@H](C)c2nc3ccccc3c(=O)[nH]2)c(C)c1. The van der Waals surface area contributed by atoms with Gasteiger partial charge in [0.15, 0.2) is 11.9 Å². The molecule has 0 saturated carbocycles. The van der Waals surface area contributed by atoms with Gasteiger partial charge in [0.1, 0.15) is 0 Å². The highest BCUT2D eigenvalue weighted by Gasteiger charge is 2.16. The number of nitrogens with one attached hydrogen (secondary N) is 1. The van der Waals surface area contributed by atoms with Crippen LogP contribution in [-0.2, 0) is 9.53 Å². The molecule has 0 aliphatic carbocycles. The zero-order chi connectivity index (χ0) is 18.7. The van der Waals surface area contributed by atoms with Crippen molar-refractivity contribution in [2.24, 2.45) is 0 Å². The topological polar surface area (TPSA) is 72.0 Å². The number of carbonyl (C=O) groups is 1. The molecule has 0 saturated heterocycles. The fraction of sp³-hybridized carbons (Fsp3) is 0.250. The maximum atomic E-state index is 12.2. The zero-order valence-corrected chi connectivity index (χ0v) is 15.7. The molecule has 1 heterocycles. The number of hydrogen-bond acceptors (Lipinski definition) is 5. The van der Waals surface area contributed by atoms with Gasteiger partial charge in [-0.3, -0.25) is 9.59 Å². The largest absolute Gasteiger partial charge is 0.454 e. The summed E-state index contributed by atoms with van der Waals surface area (Å²) in [6, 6.07) is 13.2. The molecule has 0 radical (unpaired) electrons. The summed E-state index contributed by atoms with van der Waals surface area (Å²) in [6.07, 6.45) is -0.625. The van der Waals surface area contributed by atoms with Crippen LogP contribution in [0.2, 0.25) is 0 Å². The fourth-order valence-corrected chi connectivity index (χ4v) is 3.47. The highest BCUT2D eigenvalue weighted by atomic mass is 32.2. The van der Waals surface area contributed by atoms with Crippen molar-refractivity contribution in [3.8, 4) is 0 Å². The molecule has 0 bridgehead atoms. The van der Waals surface area contributed by atoms with Crippen LogP contribution < -0.4 is 5.56 Å². The Hall–Kier alpha value is -2.60. The van der Waals surface area contributed by atoms with Crippen LogP contribution in [0.15, 0.2) is 52.2 Å². The Balaban J connectivity index is 1.66. The third-order valence-electron chi connectivity index (χ3n) is 4.00. The normalized spacial score (nSPS) is 12.1. The summed E-state index contributed by atoms with van der Waals surface area (Å²) in [5.74, 6) is 0.198. The Morgan fingerprint density at radius 3 is 2.77 bits per heavy atom. The number of aryl methyl sites for hydroxylation is 2. The smallest absolute Gasteiger partial charge is 0.316 e. The average Bonchev–Trinajstić information content (AvgIpc) is 2.61. The van der Waals surface area contributed by atoms with Crippen molar-refractivity contribution in [2.45, 2.75) is 31.8 Å². The first kappa shape index (κ1) is 18.2. The quantitative estimate of drug-likeness (QED) is 0.546. The Morgan fingerprint density at radius 1 is 1.23 bits per heavy atom. The number of ether oxygens (including phenoxy) is 1. The summed E-state index contributed by atoms with van der Waals surface area (Å²) in [6.45, 7) is 5.76. The van der Waals surface area contributed by atoms with Crippen LogP contribution in [0.25, 0.3) is 10.9 Å². The summed E-state index contributed by atoms with van der Waals surface area (Å²) in [7, 11) is 0. The van der Waals surface area contributed by atoms with Gasteiger partial charge >= 0.3 is 5.97 Å². The molecule has 0 amide bonds. The van der Waals surface area contributed by atoms with E-state index in [1.165, 1.54) is 17.3 Å². The number of benzene rings is 2. The lowest BCUT2D eigenvalue weighted by Gasteiger charge is -2.13. The second-order valence-corrected chi connectivity index (χ2v) is 7.18. The molecule has 0 aliphatic heterocycles. The van der Waals surface area contributed by atoms with E-state index in [2.05, 4.69) is 16.0 Å².